The number of carbonyl (C=O) groups is 4. The monoisotopic (exact) mass is 544 g/mol. The largest absolute Gasteiger partial charge is 0.458 e. The molecule has 0 aromatic heterocycles. The number of Topliss-reactive ketones (excluding diaryl/α,β-unsaturated/α-hetero) is 2. The molecule has 212 valence electrons. The van der Waals surface area contributed by atoms with Gasteiger partial charge in [-0.1, -0.05) is 13.8 Å². The topological polar surface area (TPSA) is 135 Å². The van der Waals surface area contributed by atoms with Crippen LogP contribution >= 0.6 is 0 Å². The smallest absolute Gasteiger partial charge is 0.342 e. The fraction of sp³-hybridized carbons (Fsp3) is 0.862. The van der Waals surface area contributed by atoms with Crippen molar-refractivity contribution in [3.8, 4) is 0 Å². The standard InChI is InChI=1S/C29H36O10/c1-24-11-19-26(3)29-20(24)21(31)28(39-29,36-12-17(24)22(32)37-19)16-6-5-13-9-14(35-4)10-18(30)25(13,2)15(16)7-8-27(29,34)23(33)38-26/h13-17,19-20,34H,5-12H2,1-4H3/t13-,14-,15-,16+,17-,19+,20-,24+,25-,26-,27+,28+,29-/m0/s1. The summed E-state index contributed by atoms with van der Waals surface area (Å²) in [6, 6.07) is 0. The Morgan fingerprint density at radius 3 is 2.54 bits per heavy atom. The van der Waals surface area contributed by atoms with Crippen molar-refractivity contribution < 1.29 is 48.0 Å². The second-order valence-electron chi connectivity index (χ2n) is 14.2. The molecule has 2 spiro atoms. The van der Waals surface area contributed by atoms with Gasteiger partial charge in [0.1, 0.15) is 11.9 Å². The molecular weight excluding hydrogens is 508 g/mol. The molecule has 0 amide bonds. The molecule has 10 nitrogen and oxygen atoms in total. The van der Waals surface area contributed by atoms with E-state index in [9.17, 15) is 24.3 Å². The number of ketones is 2. The van der Waals surface area contributed by atoms with E-state index in [1.165, 1.54) is 0 Å². The molecule has 8 aliphatic rings. The maximum atomic E-state index is 14.9. The summed E-state index contributed by atoms with van der Waals surface area (Å²) < 4.78 is 30.9. The minimum absolute atomic E-state index is 0.0207. The normalized spacial score (nSPS) is 60.5. The van der Waals surface area contributed by atoms with Crippen molar-refractivity contribution in [3.05, 3.63) is 0 Å². The molecule has 0 aromatic carbocycles. The molecule has 13 atom stereocenters. The molecule has 5 bridgehead atoms. The summed E-state index contributed by atoms with van der Waals surface area (Å²) in [7, 11) is 1.63. The van der Waals surface area contributed by atoms with Gasteiger partial charge in [-0.2, -0.15) is 0 Å². The zero-order valence-electron chi connectivity index (χ0n) is 22.8. The highest BCUT2D eigenvalue weighted by atomic mass is 16.8. The van der Waals surface area contributed by atoms with Gasteiger partial charge in [-0.15, -0.1) is 0 Å². The highest BCUT2D eigenvalue weighted by molar-refractivity contribution is 5.99. The Kier molecular flexibility index (Phi) is 4.43. The number of ether oxygens (including phenoxy) is 5. The average molecular weight is 545 g/mol. The molecule has 1 N–H and O–H groups in total. The molecule has 3 saturated carbocycles. The third-order valence-corrected chi connectivity index (χ3v) is 13.2. The van der Waals surface area contributed by atoms with Crippen LogP contribution in [-0.2, 0) is 42.9 Å². The molecule has 0 aromatic rings. The first-order valence-corrected chi connectivity index (χ1v) is 14.4. The van der Waals surface area contributed by atoms with Crippen LogP contribution in [0, 0.1) is 40.4 Å². The maximum Gasteiger partial charge on any atom is 0.342 e. The van der Waals surface area contributed by atoms with E-state index in [1.54, 1.807) is 14.0 Å². The Hall–Kier alpha value is -1.88. The number of hydrogen-bond donors (Lipinski definition) is 1. The summed E-state index contributed by atoms with van der Waals surface area (Å²) in [4.78, 5) is 55.9. The van der Waals surface area contributed by atoms with Gasteiger partial charge < -0.3 is 28.8 Å². The predicted molar refractivity (Wildman–Crippen MR) is 129 cm³/mol. The van der Waals surface area contributed by atoms with E-state index in [-0.39, 0.29) is 49.0 Å². The van der Waals surface area contributed by atoms with Crippen molar-refractivity contribution >= 4 is 23.5 Å². The minimum Gasteiger partial charge on any atom is -0.458 e. The Balaban J connectivity index is 1.37. The van der Waals surface area contributed by atoms with Crippen LogP contribution in [0.25, 0.3) is 0 Å². The van der Waals surface area contributed by atoms with E-state index < -0.39 is 69.2 Å². The second-order valence-corrected chi connectivity index (χ2v) is 14.2. The lowest BCUT2D eigenvalue weighted by atomic mass is 9.46. The SMILES string of the molecule is CO[C@@H]1CC(=O)[C@@]2(C)[C@@H](CC[C@@H]3[C@@H]2CC[C@@]2(O)C(=O)O[C@@]4(C)[C@H]5C[C@]6(C)[C@@H](CO[C@@]37O[C@]24[C@H]6C7=O)C(=O)O5)C1. The fourth-order valence-electron chi connectivity index (χ4n) is 11.1. The summed E-state index contributed by atoms with van der Waals surface area (Å²) in [5.41, 5.74) is -7.26. The van der Waals surface area contributed by atoms with E-state index in [0.29, 0.717) is 25.7 Å². The predicted octanol–water partition coefficient (Wildman–Crippen LogP) is 1.49. The lowest BCUT2D eigenvalue weighted by molar-refractivity contribution is -0.377. The molecular formula is C29H36O10. The summed E-state index contributed by atoms with van der Waals surface area (Å²) in [5, 5.41) is 12.5. The summed E-state index contributed by atoms with van der Waals surface area (Å²) in [5.74, 6) is -5.99. The maximum absolute atomic E-state index is 14.9. The Bertz CT molecular complexity index is 1250. The Morgan fingerprint density at radius 1 is 1.03 bits per heavy atom. The van der Waals surface area contributed by atoms with Crippen LogP contribution in [0.4, 0.5) is 0 Å². The molecule has 10 heteroatoms. The van der Waals surface area contributed by atoms with Crippen LogP contribution in [-0.4, -0.2) is 77.1 Å². The molecule has 0 unspecified atom stereocenters. The molecule has 5 aliphatic heterocycles. The molecule has 8 rings (SSSR count). The van der Waals surface area contributed by atoms with Crippen LogP contribution in [0.5, 0.6) is 0 Å². The van der Waals surface area contributed by atoms with Crippen LogP contribution < -0.4 is 0 Å². The van der Waals surface area contributed by atoms with Crippen LogP contribution in [0.15, 0.2) is 0 Å². The van der Waals surface area contributed by atoms with Crippen LogP contribution in [0.2, 0.25) is 0 Å². The highest BCUT2D eigenvalue weighted by Crippen LogP contribution is 2.75. The summed E-state index contributed by atoms with van der Waals surface area (Å²) >= 11 is 0. The number of esters is 2. The first-order valence-electron chi connectivity index (χ1n) is 14.4. The van der Waals surface area contributed by atoms with E-state index in [4.69, 9.17) is 23.7 Å². The van der Waals surface area contributed by atoms with Gasteiger partial charge in [0.25, 0.3) is 0 Å². The van der Waals surface area contributed by atoms with Gasteiger partial charge in [0, 0.05) is 24.9 Å². The number of hydrogen-bond acceptors (Lipinski definition) is 10. The third kappa shape index (κ3) is 2.30. The van der Waals surface area contributed by atoms with Crippen molar-refractivity contribution in [2.24, 2.45) is 40.4 Å². The first kappa shape index (κ1) is 24.9. The average Bonchev–Trinajstić information content (AvgIpc) is 3.21. The van der Waals surface area contributed by atoms with E-state index in [2.05, 4.69) is 0 Å². The lowest BCUT2D eigenvalue weighted by Crippen LogP contribution is -2.79. The van der Waals surface area contributed by atoms with Crippen molar-refractivity contribution in [2.45, 2.75) is 101 Å². The number of carbonyl (C=O) groups excluding carboxylic acids is 4. The van der Waals surface area contributed by atoms with Gasteiger partial charge in [-0.3, -0.25) is 14.4 Å². The van der Waals surface area contributed by atoms with Gasteiger partial charge in [-0.25, -0.2) is 4.79 Å². The van der Waals surface area contributed by atoms with Crippen molar-refractivity contribution in [2.75, 3.05) is 13.7 Å². The Morgan fingerprint density at radius 2 is 1.79 bits per heavy atom. The van der Waals surface area contributed by atoms with E-state index in [0.717, 1.165) is 6.42 Å². The Labute approximate surface area is 226 Å². The lowest BCUT2D eigenvalue weighted by Gasteiger charge is -2.63. The molecule has 8 fully saturated rings. The van der Waals surface area contributed by atoms with Crippen LogP contribution in [0.3, 0.4) is 0 Å². The van der Waals surface area contributed by atoms with Crippen molar-refractivity contribution in [3.63, 3.8) is 0 Å². The van der Waals surface area contributed by atoms with Gasteiger partial charge in [-0.05, 0) is 62.7 Å². The molecule has 5 saturated heterocycles. The highest BCUT2D eigenvalue weighted by Gasteiger charge is 2.93. The molecule has 39 heavy (non-hydrogen) atoms. The van der Waals surface area contributed by atoms with Crippen LogP contribution in [0.1, 0.15) is 65.7 Å². The van der Waals surface area contributed by atoms with Gasteiger partial charge in [0.05, 0.1) is 24.5 Å². The third-order valence-electron chi connectivity index (χ3n) is 13.2. The second kappa shape index (κ2) is 6.94. The number of fused-ring (bicyclic) bond motifs is 5. The minimum atomic E-state index is -2.17. The van der Waals surface area contributed by atoms with Gasteiger partial charge in [0.2, 0.25) is 5.79 Å². The molecule has 0 radical (unpaired) electrons. The summed E-state index contributed by atoms with van der Waals surface area (Å²) in [6.45, 7) is 5.42. The first-order chi connectivity index (χ1) is 18.3. The fourth-order valence-corrected chi connectivity index (χ4v) is 11.1. The van der Waals surface area contributed by atoms with Gasteiger partial charge in [0.15, 0.2) is 22.6 Å². The number of aliphatic hydroxyl groups is 1. The van der Waals surface area contributed by atoms with E-state index >= 15 is 0 Å². The van der Waals surface area contributed by atoms with Gasteiger partial charge >= 0.3 is 11.9 Å². The molecule has 5 heterocycles. The van der Waals surface area contributed by atoms with Crippen molar-refractivity contribution in [1.82, 2.24) is 0 Å². The quantitative estimate of drug-likeness (QED) is 0.484. The number of methoxy groups -OCH3 is 1. The zero-order valence-corrected chi connectivity index (χ0v) is 22.8. The zero-order chi connectivity index (χ0) is 27.5. The molecule has 3 aliphatic carbocycles. The summed E-state index contributed by atoms with van der Waals surface area (Å²) in [6.07, 6.45) is 1.89. The van der Waals surface area contributed by atoms with E-state index in [1.807, 2.05) is 13.8 Å². The number of rotatable bonds is 1. The van der Waals surface area contributed by atoms with Crippen molar-refractivity contribution in [1.29, 1.82) is 0 Å².